The first-order valence-corrected chi connectivity index (χ1v) is 9.22. The lowest BCUT2D eigenvalue weighted by molar-refractivity contribution is -0.137. The lowest BCUT2D eigenvalue weighted by atomic mass is 10.1. The normalized spacial score (nSPS) is 17.4. The summed E-state index contributed by atoms with van der Waals surface area (Å²) >= 11 is 0. The molecule has 1 aliphatic rings. The van der Waals surface area contributed by atoms with Gasteiger partial charge < -0.3 is 5.32 Å². The number of nitrogens with one attached hydrogen (secondary N) is 1. The number of rotatable bonds is 5. The molecule has 0 amide bonds. The zero-order valence-corrected chi connectivity index (χ0v) is 15.5. The molecule has 1 saturated heterocycles. The van der Waals surface area contributed by atoms with Gasteiger partial charge in [-0.15, -0.1) is 0 Å². The maximum atomic E-state index is 12.9. The second-order valence-electron chi connectivity index (χ2n) is 6.94. The van der Waals surface area contributed by atoms with E-state index in [9.17, 15) is 13.2 Å². The number of hydrogen-bond acceptors (Lipinski definition) is 6. The number of anilines is 2. The van der Waals surface area contributed by atoms with Crippen LogP contribution in [0.1, 0.15) is 29.2 Å². The van der Waals surface area contributed by atoms with E-state index in [1.54, 1.807) is 12.4 Å². The number of likely N-dealkylation sites (tertiary alicyclic amines) is 1. The molecule has 1 aliphatic heterocycles. The number of pyridine rings is 2. The molecule has 1 fully saturated rings. The molecule has 0 saturated carbocycles. The number of nitrogens with zero attached hydrogens (tertiary/aromatic N) is 5. The van der Waals surface area contributed by atoms with Crippen LogP contribution in [0.5, 0.6) is 0 Å². The molecule has 0 bridgehead atoms. The summed E-state index contributed by atoms with van der Waals surface area (Å²) in [5.41, 5.74) is 1.25. The van der Waals surface area contributed by atoms with Gasteiger partial charge in [-0.2, -0.15) is 13.2 Å². The third-order valence-electron chi connectivity index (χ3n) is 4.82. The van der Waals surface area contributed by atoms with Crippen LogP contribution in [0.15, 0.2) is 55.1 Å². The van der Waals surface area contributed by atoms with Crippen molar-refractivity contribution in [2.24, 2.45) is 0 Å². The Balaban J connectivity index is 1.43. The van der Waals surface area contributed by atoms with Crippen LogP contribution in [0.4, 0.5) is 24.9 Å². The van der Waals surface area contributed by atoms with Crippen molar-refractivity contribution in [2.75, 3.05) is 18.4 Å². The first-order chi connectivity index (χ1) is 14.0. The van der Waals surface area contributed by atoms with Crippen molar-refractivity contribution in [2.45, 2.75) is 25.1 Å². The number of alkyl halides is 3. The van der Waals surface area contributed by atoms with Gasteiger partial charge in [0, 0.05) is 43.8 Å². The van der Waals surface area contributed by atoms with Crippen LogP contribution in [-0.2, 0) is 12.7 Å². The molecule has 3 aromatic heterocycles. The average Bonchev–Trinajstić information content (AvgIpc) is 3.17. The Kier molecular flexibility index (Phi) is 5.39. The molecule has 1 atom stereocenters. The molecule has 0 aromatic carbocycles. The molecule has 0 spiro atoms. The second kappa shape index (κ2) is 8.12. The minimum absolute atomic E-state index is 0.0570. The summed E-state index contributed by atoms with van der Waals surface area (Å²) in [4.78, 5) is 19.0. The van der Waals surface area contributed by atoms with E-state index in [0.29, 0.717) is 0 Å². The molecular formula is C20H19F3N6. The highest BCUT2D eigenvalue weighted by molar-refractivity contribution is 5.49. The molecule has 6 nitrogen and oxygen atoms in total. The Hall–Kier alpha value is -3.07. The SMILES string of the molecule is FC(F)(F)c1ccnc(Nc2nccc([C@H]3CCN(Cc4cccnc4)C3)n2)c1. The van der Waals surface area contributed by atoms with Crippen LogP contribution in [0.25, 0.3) is 0 Å². The summed E-state index contributed by atoms with van der Waals surface area (Å²) in [6.45, 7) is 2.63. The Morgan fingerprint density at radius 2 is 1.97 bits per heavy atom. The van der Waals surface area contributed by atoms with Crippen molar-refractivity contribution < 1.29 is 13.2 Å². The molecule has 9 heteroatoms. The van der Waals surface area contributed by atoms with Crippen molar-refractivity contribution in [3.05, 3.63) is 71.9 Å². The Bertz CT molecular complexity index is 964. The molecular weight excluding hydrogens is 381 g/mol. The highest BCUT2D eigenvalue weighted by Crippen LogP contribution is 2.31. The summed E-state index contributed by atoms with van der Waals surface area (Å²) < 4.78 is 38.6. The van der Waals surface area contributed by atoms with E-state index in [2.05, 4.69) is 36.2 Å². The molecule has 3 aromatic rings. The minimum atomic E-state index is -4.43. The van der Waals surface area contributed by atoms with Crippen LogP contribution >= 0.6 is 0 Å². The zero-order chi connectivity index (χ0) is 20.3. The topological polar surface area (TPSA) is 66.8 Å². The van der Waals surface area contributed by atoms with Gasteiger partial charge in [-0.05, 0) is 42.8 Å². The van der Waals surface area contributed by atoms with E-state index in [0.717, 1.165) is 55.6 Å². The zero-order valence-electron chi connectivity index (χ0n) is 15.5. The Morgan fingerprint density at radius 1 is 1.10 bits per heavy atom. The van der Waals surface area contributed by atoms with Gasteiger partial charge in [0.2, 0.25) is 5.95 Å². The molecule has 4 rings (SSSR count). The fraction of sp³-hybridized carbons (Fsp3) is 0.300. The van der Waals surface area contributed by atoms with Crippen LogP contribution in [0.2, 0.25) is 0 Å². The van der Waals surface area contributed by atoms with Crippen molar-refractivity contribution >= 4 is 11.8 Å². The highest BCUT2D eigenvalue weighted by atomic mass is 19.4. The van der Waals surface area contributed by atoms with Crippen molar-refractivity contribution in [1.29, 1.82) is 0 Å². The van der Waals surface area contributed by atoms with Crippen LogP contribution < -0.4 is 5.32 Å². The first kappa shape index (κ1) is 19.3. The predicted octanol–water partition coefficient (Wildman–Crippen LogP) is 4.02. The van der Waals surface area contributed by atoms with Crippen molar-refractivity contribution in [3.63, 3.8) is 0 Å². The summed E-state index contributed by atoms with van der Waals surface area (Å²) in [7, 11) is 0. The van der Waals surface area contributed by atoms with E-state index < -0.39 is 11.7 Å². The van der Waals surface area contributed by atoms with Gasteiger partial charge in [-0.1, -0.05) is 6.07 Å². The minimum Gasteiger partial charge on any atom is -0.309 e. The molecule has 1 N–H and O–H groups in total. The van der Waals surface area contributed by atoms with Gasteiger partial charge in [0.15, 0.2) is 0 Å². The first-order valence-electron chi connectivity index (χ1n) is 9.22. The Morgan fingerprint density at radius 3 is 2.76 bits per heavy atom. The average molecular weight is 400 g/mol. The van der Waals surface area contributed by atoms with Gasteiger partial charge in [-0.25, -0.2) is 15.0 Å². The number of aromatic nitrogens is 4. The molecule has 0 radical (unpaired) electrons. The standard InChI is InChI=1S/C20H19F3N6/c21-20(22,23)16-3-7-25-18(10-16)28-19-26-8-4-17(27-19)15-5-9-29(13-15)12-14-2-1-6-24-11-14/h1-4,6-8,10-11,15H,5,9,12-13H2,(H,25,26,27,28)/t15-/m0/s1. The summed E-state index contributed by atoms with van der Waals surface area (Å²) in [6.07, 6.45) is 2.87. The van der Waals surface area contributed by atoms with Crippen molar-refractivity contribution in [3.8, 4) is 0 Å². The van der Waals surface area contributed by atoms with Gasteiger partial charge in [0.1, 0.15) is 5.82 Å². The molecule has 4 heterocycles. The highest BCUT2D eigenvalue weighted by Gasteiger charge is 2.31. The maximum Gasteiger partial charge on any atom is 0.416 e. The fourth-order valence-corrected chi connectivity index (χ4v) is 3.42. The summed E-state index contributed by atoms with van der Waals surface area (Å²) in [5.74, 6) is 0.534. The van der Waals surface area contributed by atoms with Crippen LogP contribution in [-0.4, -0.2) is 37.9 Å². The van der Waals surface area contributed by atoms with E-state index in [4.69, 9.17) is 0 Å². The third-order valence-corrected chi connectivity index (χ3v) is 4.82. The third kappa shape index (κ3) is 4.86. The van der Waals surface area contributed by atoms with Gasteiger partial charge in [0.05, 0.1) is 11.3 Å². The Labute approximate surface area is 165 Å². The predicted molar refractivity (Wildman–Crippen MR) is 101 cm³/mol. The lowest BCUT2D eigenvalue weighted by Gasteiger charge is -2.16. The largest absolute Gasteiger partial charge is 0.416 e. The molecule has 0 aliphatic carbocycles. The van der Waals surface area contributed by atoms with E-state index in [1.807, 2.05) is 18.3 Å². The van der Waals surface area contributed by atoms with Crippen LogP contribution in [0, 0.1) is 0 Å². The summed E-state index contributed by atoms with van der Waals surface area (Å²) in [6, 6.07) is 7.70. The van der Waals surface area contributed by atoms with Crippen LogP contribution in [0.3, 0.4) is 0 Å². The van der Waals surface area contributed by atoms with Gasteiger partial charge in [-0.3, -0.25) is 9.88 Å². The summed E-state index contributed by atoms with van der Waals surface area (Å²) in [5, 5.41) is 2.78. The second-order valence-corrected chi connectivity index (χ2v) is 6.94. The maximum absolute atomic E-state index is 12.9. The number of hydrogen-bond donors (Lipinski definition) is 1. The monoisotopic (exact) mass is 400 g/mol. The fourth-order valence-electron chi connectivity index (χ4n) is 3.42. The van der Waals surface area contributed by atoms with E-state index in [-0.39, 0.29) is 17.7 Å². The lowest BCUT2D eigenvalue weighted by Crippen LogP contribution is -2.20. The molecule has 0 unspecified atom stereocenters. The quantitative estimate of drug-likeness (QED) is 0.698. The molecule has 29 heavy (non-hydrogen) atoms. The van der Waals surface area contributed by atoms with Gasteiger partial charge in [0.25, 0.3) is 0 Å². The van der Waals surface area contributed by atoms with Gasteiger partial charge >= 0.3 is 6.18 Å². The smallest absolute Gasteiger partial charge is 0.309 e. The van der Waals surface area contributed by atoms with E-state index in [1.165, 1.54) is 0 Å². The molecule has 150 valence electrons. The number of halogens is 3. The van der Waals surface area contributed by atoms with Crippen molar-refractivity contribution in [1.82, 2.24) is 24.8 Å². The van der Waals surface area contributed by atoms with E-state index >= 15 is 0 Å².